The van der Waals surface area contributed by atoms with Crippen LogP contribution in [-0.4, -0.2) is 63.3 Å². The van der Waals surface area contributed by atoms with Crippen LogP contribution in [0.4, 0.5) is 5.69 Å². The standard InChI is InChI=1S/C24H28N2O5/c1-18(24(28)26-13-11-25(12-14-26)20-7-5-4-6-8-20)31-23(27)10-9-19-15-21(29-2)17-22(16-19)30-3/h4-10,15-18H,11-14H2,1-3H3/b10-9+/t18-/m1/s1. The van der Waals surface area contributed by atoms with E-state index in [0.717, 1.165) is 24.3 Å². The largest absolute Gasteiger partial charge is 0.497 e. The summed E-state index contributed by atoms with van der Waals surface area (Å²) in [6.07, 6.45) is 2.05. The maximum atomic E-state index is 12.7. The summed E-state index contributed by atoms with van der Waals surface area (Å²) in [7, 11) is 3.12. The summed E-state index contributed by atoms with van der Waals surface area (Å²) >= 11 is 0. The third-order valence-electron chi connectivity index (χ3n) is 5.14. The molecule has 0 radical (unpaired) electrons. The molecule has 1 atom stereocenters. The van der Waals surface area contributed by atoms with E-state index in [1.165, 1.54) is 6.08 Å². The molecule has 0 N–H and O–H groups in total. The molecule has 0 unspecified atom stereocenters. The molecule has 1 heterocycles. The average Bonchev–Trinajstić information content (AvgIpc) is 2.82. The topological polar surface area (TPSA) is 68.3 Å². The van der Waals surface area contributed by atoms with E-state index >= 15 is 0 Å². The zero-order chi connectivity index (χ0) is 22.2. The van der Waals surface area contributed by atoms with E-state index in [-0.39, 0.29) is 5.91 Å². The lowest BCUT2D eigenvalue weighted by molar-refractivity contribution is -0.155. The summed E-state index contributed by atoms with van der Waals surface area (Å²) < 4.78 is 15.8. The Morgan fingerprint density at radius 1 is 0.935 bits per heavy atom. The van der Waals surface area contributed by atoms with Gasteiger partial charge < -0.3 is 24.0 Å². The van der Waals surface area contributed by atoms with Crippen molar-refractivity contribution in [3.8, 4) is 11.5 Å². The number of para-hydroxylation sites is 1. The van der Waals surface area contributed by atoms with E-state index in [4.69, 9.17) is 14.2 Å². The van der Waals surface area contributed by atoms with Crippen molar-refractivity contribution >= 4 is 23.6 Å². The number of nitrogens with zero attached hydrogens (tertiary/aromatic N) is 2. The van der Waals surface area contributed by atoms with E-state index in [1.54, 1.807) is 50.3 Å². The molecular formula is C24H28N2O5. The van der Waals surface area contributed by atoms with Gasteiger partial charge in [0, 0.05) is 44.0 Å². The van der Waals surface area contributed by atoms with Crippen molar-refractivity contribution < 1.29 is 23.8 Å². The highest BCUT2D eigenvalue weighted by molar-refractivity contribution is 5.90. The van der Waals surface area contributed by atoms with Crippen LogP contribution in [0.2, 0.25) is 0 Å². The van der Waals surface area contributed by atoms with Crippen molar-refractivity contribution in [3.05, 3.63) is 60.2 Å². The number of carbonyl (C=O) groups is 2. The molecule has 3 rings (SSSR count). The zero-order valence-electron chi connectivity index (χ0n) is 18.1. The van der Waals surface area contributed by atoms with Gasteiger partial charge >= 0.3 is 5.97 Å². The van der Waals surface area contributed by atoms with Gasteiger partial charge in [-0.05, 0) is 42.8 Å². The minimum Gasteiger partial charge on any atom is -0.497 e. The van der Waals surface area contributed by atoms with E-state index in [1.807, 2.05) is 18.2 Å². The molecule has 7 heteroatoms. The number of rotatable bonds is 7. The molecule has 0 spiro atoms. The van der Waals surface area contributed by atoms with Crippen molar-refractivity contribution in [1.29, 1.82) is 0 Å². The van der Waals surface area contributed by atoms with Gasteiger partial charge in [0.1, 0.15) is 11.5 Å². The fourth-order valence-corrected chi connectivity index (χ4v) is 3.43. The van der Waals surface area contributed by atoms with Crippen LogP contribution in [0.5, 0.6) is 11.5 Å². The van der Waals surface area contributed by atoms with E-state index in [9.17, 15) is 9.59 Å². The highest BCUT2D eigenvalue weighted by atomic mass is 16.5. The van der Waals surface area contributed by atoms with Crippen LogP contribution in [-0.2, 0) is 14.3 Å². The molecule has 1 saturated heterocycles. The van der Waals surface area contributed by atoms with Crippen molar-refractivity contribution in [2.75, 3.05) is 45.3 Å². The summed E-state index contributed by atoms with van der Waals surface area (Å²) in [5.41, 5.74) is 1.87. The number of benzene rings is 2. The first kappa shape index (κ1) is 22.2. The second-order valence-corrected chi connectivity index (χ2v) is 7.21. The fraction of sp³-hybridized carbons (Fsp3) is 0.333. The molecular weight excluding hydrogens is 396 g/mol. The lowest BCUT2D eigenvalue weighted by Crippen LogP contribution is -2.51. The Morgan fingerprint density at radius 2 is 1.55 bits per heavy atom. The Kier molecular flexibility index (Phi) is 7.54. The molecule has 164 valence electrons. The van der Waals surface area contributed by atoms with Gasteiger partial charge in [0.05, 0.1) is 14.2 Å². The number of esters is 1. The number of amides is 1. The van der Waals surface area contributed by atoms with E-state index in [0.29, 0.717) is 24.6 Å². The summed E-state index contributed by atoms with van der Waals surface area (Å²) in [5.74, 6) is 0.471. The number of piperazine rings is 1. The molecule has 0 saturated carbocycles. The molecule has 7 nitrogen and oxygen atoms in total. The van der Waals surface area contributed by atoms with Gasteiger partial charge in [-0.2, -0.15) is 0 Å². The highest BCUT2D eigenvalue weighted by Gasteiger charge is 2.26. The molecule has 0 aromatic heterocycles. The first-order valence-electron chi connectivity index (χ1n) is 10.2. The molecule has 0 aliphatic carbocycles. The average molecular weight is 424 g/mol. The van der Waals surface area contributed by atoms with Gasteiger partial charge in [0.25, 0.3) is 5.91 Å². The second kappa shape index (κ2) is 10.5. The molecule has 0 bridgehead atoms. The molecule has 1 fully saturated rings. The van der Waals surface area contributed by atoms with Crippen molar-refractivity contribution in [3.63, 3.8) is 0 Å². The number of carbonyl (C=O) groups excluding carboxylic acids is 2. The first-order valence-corrected chi connectivity index (χ1v) is 10.2. The molecule has 1 amide bonds. The van der Waals surface area contributed by atoms with Crippen LogP contribution in [0, 0.1) is 0 Å². The Morgan fingerprint density at radius 3 is 2.13 bits per heavy atom. The minimum atomic E-state index is -0.847. The quantitative estimate of drug-likeness (QED) is 0.503. The van der Waals surface area contributed by atoms with Crippen molar-refractivity contribution in [2.45, 2.75) is 13.0 Å². The summed E-state index contributed by atoms with van der Waals surface area (Å²) in [5, 5.41) is 0. The van der Waals surface area contributed by atoms with Crippen LogP contribution in [0.3, 0.4) is 0 Å². The van der Waals surface area contributed by atoms with Gasteiger partial charge in [0.15, 0.2) is 6.10 Å². The number of hydrogen-bond acceptors (Lipinski definition) is 6. The zero-order valence-corrected chi connectivity index (χ0v) is 18.1. The molecule has 1 aliphatic heterocycles. The number of hydrogen-bond donors (Lipinski definition) is 0. The van der Waals surface area contributed by atoms with Crippen LogP contribution in [0.1, 0.15) is 12.5 Å². The lowest BCUT2D eigenvalue weighted by atomic mass is 10.2. The molecule has 31 heavy (non-hydrogen) atoms. The maximum absolute atomic E-state index is 12.7. The van der Waals surface area contributed by atoms with E-state index in [2.05, 4.69) is 17.0 Å². The van der Waals surface area contributed by atoms with Gasteiger partial charge in [-0.25, -0.2) is 4.79 Å². The molecule has 1 aliphatic rings. The van der Waals surface area contributed by atoms with Crippen LogP contribution in [0.25, 0.3) is 6.08 Å². The normalized spacial score (nSPS) is 14.9. The Hall–Kier alpha value is -3.48. The predicted molar refractivity (Wildman–Crippen MR) is 119 cm³/mol. The second-order valence-electron chi connectivity index (χ2n) is 7.21. The van der Waals surface area contributed by atoms with Gasteiger partial charge in [-0.1, -0.05) is 18.2 Å². The van der Waals surface area contributed by atoms with Gasteiger partial charge in [-0.3, -0.25) is 4.79 Å². The van der Waals surface area contributed by atoms with Crippen molar-refractivity contribution in [1.82, 2.24) is 4.90 Å². The Labute approximate surface area is 182 Å². The monoisotopic (exact) mass is 424 g/mol. The third-order valence-corrected chi connectivity index (χ3v) is 5.14. The predicted octanol–water partition coefficient (Wildman–Crippen LogP) is 3.00. The van der Waals surface area contributed by atoms with Crippen LogP contribution >= 0.6 is 0 Å². The number of ether oxygens (including phenoxy) is 3. The molecule has 2 aromatic rings. The van der Waals surface area contributed by atoms with Crippen LogP contribution in [0.15, 0.2) is 54.6 Å². The molecule has 2 aromatic carbocycles. The lowest BCUT2D eigenvalue weighted by Gasteiger charge is -2.36. The Balaban J connectivity index is 1.51. The third kappa shape index (κ3) is 6.01. The highest BCUT2D eigenvalue weighted by Crippen LogP contribution is 2.23. The SMILES string of the molecule is COc1cc(/C=C/C(=O)O[C@H](C)C(=O)N2CCN(c3ccccc3)CC2)cc(OC)c1. The van der Waals surface area contributed by atoms with Gasteiger partial charge in [-0.15, -0.1) is 0 Å². The minimum absolute atomic E-state index is 0.183. The Bertz CT molecular complexity index is 899. The number of anilines is 1. The number of methoxy groups -OCH3 is 2. The summed E-state index contributed by atoms with van der Waals surface area (Å²) in [6, 6.07) is 15.4. The van der Waals surface area contributed by atoms with Crippen LogP contribution < -0.4 is 14.4 Å². The smallest absolute Gasteiger partial charge is 0.331 e. The summed E-state index contributed by atoms with van der Waals surface area (Å²) in [6.45, 7) is 4.28. The van der Waals surface area contributed by atoms with Gasteiger partial charge in [0.2, 0.25) is 0 Å². The van der Waals surface area contributed by atoms with E-state index < -0.39 is 12.1 Å². The maximum Gasteiger partial charge on any atom is 0.331 e. The fourth-order valence-electron chi connectivity index (χ4n) is 3.43. The summed E-state index contributed by atoms with van der Waals surface area (Å²) in [4.78, 5) is 28.9. The van der Waals surface area contributed by atoms with Crippen molar-refractivity contribution in [2.24, 2.45) is 0 Å². The first-order chi connectivity index (χ1) is 15.0.